The summed E-state index contributed by atoms with van der Waals surface area (Å²) < 4.78 is 0. The first-order chi connectivity index (χ1) is 13.6. The molecule has 0 bridgehead atoms. The van der Waals surface area contributed by atoms with E-state index in [2.05, 4.69) is 24.4 Å². The highest BCUT2D eigenvalue weighted by atomic mass is 16.4. The summed E-state index contributed by atoms with van der Waals surface area (Å²) in [5, 5.41) is 11.7. The standard InChI is InChI=1S/C23H44N2O3/c1-2-3-4-5-6-7-8-9-10-11-12-13-14-15-16-19-22(26)25-21(23(27)28)18-17-20-24/h9-10,21H,2-8,11-20,24H2,1H3,(H,25,26)(H,27,28)/t21-/m0/s1. The number of hydrogen-bond donors (Lipinski definition) is 3. The van der Waals surface area contributed by atoms with Crippen LogP contribution in [0.1, 0.15) is 110 Å². The van der Waals surface area contributed by atoms with Crippen LogP contribution in [0.25, 0.3) is 0 Å². The van der Waals surface area contributed by atoms with Crippen LogP contribution in [0, 0.1) is 0 Å². The molecular formula is C23H44N2O3. The molecule has 0 radical (unpaired) electrons. The fourth-order valence-corrected chi connectivity index (χ4v) is 3.20. The van der Waals surface area contributed by atoms with Crippen molar-refractivity contribution in [2.24, 2.45) is 5.73 Å². The van der Waals surface area contributed by atoms with Crippen LogP contribution in [-0.4, -0.2) is 29.6 Å². The molecule has 164 valence electrons. The summed E-state index contributed by atoms with van der Waals surface area (Å²) in [5.74, 6) is -1.15. The number of allylic oxidation sites excluding steroid dienone is 2. The maximum absolute atomic E-state index is 11.8. The molecule has 5 heteroatoms. The van der Waals surface area contributed by atoms with Gasteiger partial charge in [0.1, 0.15) is 6.04 Å². The van der Waals surface area contributed by atoms with E-state index in [4.69, 9.17) is 10.8 Å². The molecule has 0 aromatic rings. The lowest BCUT2D eigenvalue weighted by Crippen LogP contribution is -2.40. The van der Waals surface area contributed by atoms with Crippen LogP contribution >= 0.6 is 0 Å². The lowest BCUT2D eigenvalue weighted by Gasteiger charge is -2.13. The minimum absolute atomic E-state index is 0.165. The summed E-state index contributed by atoms with van der Waals surface area (Å²) in [6.45, 7) is 2.69. The molecule has 0 spiro atoms. The van der Waals surface area contributed by atoms with Crippen molar-refractivity contribution in [2.75, 3.05) is 6.54 Å². The van der Waals surface area contributed by atoms with Crippen molar-refractivity contribution in [3.05, 3.63) is 12.2 Å². The average Bonchev–Trinajstić information content (AvgIpc) is 2.67. The predicted octanol–water partition coefficient (Wildman–Crippen LogP) is 5.33. The molecule has 0 unspecified atom stereocenters. The molecule has 0 saturated carbocycles. The van der Waals surface area contributed by atoms with Gasteiger partial charge in [0.15, 0.2) is 0 Å². The summed E-state index contributed by atoms with van der Waals surface area (Å²) in [6.07, 6.45) is 21.9. The number of carbonyl (C=O) groups is 2. The number of carboxylic acid groups (broad SMARTS) is 1. The molecule has 1 amide bonds. The van der Waals surface area contributed by atoms with Gasteiger partial charge < -0.3 is 16.2 Å². The van der Waals surface area contributed by atoms with Crippen LogP contribution in [0.2, 0.25) is 0 Å². The Morgan fingerprint density at radius 1 is 0.857 bits per heavy atom. The second-order valence-corrected chi connectivity index (χ2v) is 7.72. The Labute approximate surface area is 172 Å². The molecule has 1 atom stereocenters. The van der Waals surface area contributed by atoms with E-state index in [0.29, 0.717) is 25.8 Å². The fraction of sp³-hybridized carbons (Fsp3) is 0.826. The highest BCUT2D eigenvalue weighted by molar-refractivity contribution is 5.83. The number of carboxylic acids is 1. The van der Waals surface area contributed by atoms with E-state index >= 15 is 0 Å². The van der Waals surface area contributed by atoms with Crippen molar-refractivity contribution >= 4 is 11.9 Å². The Kier molecular flexibility index (Phi) is 19.4. The first-order valence-corrected chi connectivity index (χ1v) is 11.5. The zero-order chi connectivity index (χ0) is 20.9. The van der Waals surface area contributed by atoms with Crippen LogP contribution < -0.4 is 11.1 Å². The Balaban J connectivity index is 3.47. The molecule has 4 N–H and O–H groups in total. The molecule has 28 heavy (non-hydrogen) atoms. The van der Waals surface area contributed by atoms with Gasteiger partial charge in [0.25, 0.3) is 0 Å². The topological polar surface area (TPSA) is 92.4 Å². The number of amides is 1. The van der Waals surface area contributed by atoms with E-state index in [1.54, 1.807) is 0 Å². The third-order valence-corrected chi connectivity index (χ3v) is 5.00. The molecule has 0 aliphatic rings. The summed E-state index contributed by atoms with van der Waals surface area (Å²) in [7, 11) is 0. The number of unbranched alkanes of at least 4 members (excludes halogenated alkanes) is 11. The van der Waals surface area contributed by atoms with Gasteiger partial charge in [-0.1, -0.05) is 70.4 Å². The van der Waals surface area contributed by atoms with E-state index in [1.165, 1.54) is 57.8 Å². The highest BCUT2D eigenvalue weighted by Gasteiger charge is 2.18. The van der Waals surface area contributed by atoms with Crippen LogP contribution in [0.15, 0.2) is 12.2 Å². The maximum Gasteiger partial charge on any atom is 0.326 e. The molecule has 0 aliphatic heterocycles. The molecule has 0 rings (SSSR count). The van der Waals surface area contributed by atoms with Crippen molar-refractivity contribution in [1.82, 2.24) is 5.32 Å². The van der Waals surface area contributed by atoms with Gasteiger partial charge >= 0.3 is 5.97 Å². The van der Waals surface area contributed by atoms with Crippen molar-refractivity contribution in [1.29, 1.82) is 0 Å². The number of aliphatic carboxylic acids is 1. The van der Waals surface area contributed by atoms with E-state index in [1.807, 2.05) is 0 Å². The summed E-state index contributed by atoms with van der Waals surface area (Å²) in [6, 6.07) is -0.806. The van der Waals surface area contributed by atoms with Gasteiger partial charge in [0, 0.05) is 6.42 Å². The van der Waals surface area contributed by atoms with Gasteiger partial charge in [-0.3, -0.25) is 4.79 Å². The molecule has 0 fully saturated rings. The van der Waals surface area contributed by atoms with E-state index < -0.39 is 12.0 Å². The van der Waals surface area contributed by atoms with Gasteiger partial charge in [-0.25, -0.2) is 4.79 Å². The number of hydrogen-bond acceptors (Lipinski definition) is 3. The Hall–Kier alpha value is -1.36. The van der Waals surface area contributed by atoms with Gasteiger partial charge in [-0.2, -0.15) is 0 Å². The fourth-order valence-electron chi connectivity index (χ4n) is 3.20. The lowest BCUT2D eigenvalue weighted by molar-refractivity contribution is -0.142. The highest BCUT2D eigenvalue weighted by Crippen LogP contribution is 2.10. The number of nitrogens with two attached hydrogens (primary N) is 1. The van der Waals surface area contributed by atoms with E-state index in [-0.39, 0.29) is 5.91 Å². The largest absolute Gasteiger partial charge is 0.480 e. The second-order valence-electron chi connectivity index (χ2n) is 7.72. The molecule has 0 aromatic heterocycles. The number of carbonyl (C=O) groups excluding carboxylic acids is 1. The minimum Gasteiger partial charge on any atom is -0.480 e. The molecule has 0 aliphatic carbocycles. The monoisotopic (exact) mass is 396 g/mol. The Morgan fingerprint density at radius 2 is 1.39 bits per heavy atom. The maximum atomic E-state index is 11.8. The van der Waals surface area contributed by atoms with Crippen LogP contribution in [0.3, 0.4) is 0 Å². The molecule has 0 heterocycles. The number of rotatable bonds is 20. The van der Waals surface area contributed by atoms with Crippen LogP contribution in [0.5, 0.6) is 0 Å². The van der Waals surface area contributed by atoms with Crippen molar-refractivity contribution in [2.45, 2.75) is 116 Å². The molecule has 5 nitrogen and oxygen atoms in total. The van der Waals surface area contributed by atoms with Gasteiger partial charge in [0.05, 0.1) is 0 Å². The van der Waals surface area contributed by atoms with Gasteiger partial charge in [-0.05, 0) is 51.5 Å². The van der Waals surface area contributed by atoms with Gasteiger partial charge in [-0.15, -0.1) is 0 Å². The van der Waals surface area contributed by atoms with Crippen LogP contribution in [0.4, 0.5) is 0 Å². The van der Waals surface area contributed by atoms with E-state index in [9.17, 15) is 9.59 Å². The summed E-state index contributed by atoms with van der Waals surface area (Å²) in [4.78, 5) is 22.9. The Morgan fingerprint density at radius 3 is 1.93 bits per heavy atom. The van der Waals surface area contributed by atoms with Crippen molar-refractivity contribution in [3.63, 3.8) is 0 Å². The first-order valence-electron chi connectivity index (χ1n) is 11.5. The van der Waals surface area contributed by atoms with Crippen molar-refractivity contribution < 1.29 is 14.7 Å². The average molecular weight is 397 g/mol. The zero-order valence-corrected chi connectivity index (χ0v) is 18.1. The third kappa shape index (κ3) is 18.0. The van der Waals surface area contributed by atoms with Crippen molar-refractivity contribution in [3.8, 4) is 0 Å². The minimum atomic E-state index is -0.980. The zero-order valence-electron chi connectivity index (χ0n) is 18.1. The first kappa shape index (κ1) is 26.6. The second kappa shape index (κ2) is 20.4. The van der Waals surface area contributed by atoms with Crippen LogP contribution in [-0.2, 0) is 9.59 Å². The molecular weight excluding hydrogens is 352 g/mol. The van der Waals surface area contributed by atoms with Gasteiger partial charge in [0.2, 0.25) is 5.91 Å². The number of nitrogens with one attached hydrogen (secondary N) is 1. The van der Waals surface area contributed by atoms with E-state index in [0.717, 1.165) is 25.7 Å². The third-order valence-electron chi connectivity index (χ3n) is 5.00. The summed E-state index contributed by atoms with van der Waals surface area (Å²) >= 11 is 0. The Bertz CT molecular complexity index is 411. The lowest BCUT2D eigenvalue weighted by atomic mass is 10.1. The molecule has 0 aromatic carbocycles. The SMILES string of the molecule is CCCCCCCCC=CCCCCCCCC(=O)N[C@@H](CCCN)C(=O)O. The quantitative estimate of drug-likeness (QED) is 0.191. The molecule has 0 saturated heterocycles. The summed E-state index contributed by atoms with van der Waals surface area (Å²) in [5.41, 5.74) is 5.40. The normalized spacial score (nSPS) is 12.4. The predicted molar refractivity (Wildman–Crippen MR) is 117 cm³/mol. The smallest absolute Gasteiger partial charge is 0.326 e.